The third-order valence-electron chi connectivity index (χ3n) is 4.28. The number of hydrogen-bond donors (Lipinski definition) is 1. The van der Waals surface area contributed by atoms with Gasteiger partial charge < -0.3 is 14.8 Å². The second-order valence-corrected chi connectivity index (χ2v) is 7.11. The quantitative estimate of drug-likeness (QED) is 0.682. The standard InChI is InChI=1S/C17H19N5O3S/c1-24-11-4-3-5-12(25-2)14(11)16(23)18-9-8-13-21-22-15(10-6-7-10)19-20-17(22)26-13/h3-5,10H,6-9H2,1-2H3,(H,18,23). The van der Waals surface area contributed by atoms with Crippen LogP contribution in [0.3, 0.4) is 0 Å². The Labute approximate surface area is 154 Å². The van der Waals surface area contributed by atoms with Crippen molar-refractivity contribution in [1.29, 1.82) is 0 Å². The number of ether oxygens (including phenoxy) is 2. The molecular weight excluding hydrogens is 354 g/mol. The monoisotopic (exact) mass is 373 g/mol. The lowest BCUT2D eigenvalue weighted by Crippen LogP contribution is -2.26. The molecular formula is C17H19N5O3S. The van der Waals surface area contributed by atoms with Crippen LogP contribution in [0.5, 0.6) is 11.5 Å². The molecule has 0 aliphatic heterocycles. The SMILES string of the molecule is COc1cccc(OC)c1C(=O)NCCc1nn2c(C3CC3)nnc2s1. The van der Waals surface area contributed by atoms with Gasteiger partial charge in [-0.25, -0.2) is 0 Å². The summed E-state index contributed by atoms with van der Waals surface area (Å²) in [6.45, 7) is 0.461. The van der Waals surface area contributed by atoms with Gasteiger partial charge in [0.15, 0.2) is 5.82 Å². The van der Waals surface area contributed by atoms with E-state index in [1.807, 2.05) is 4.52 Å². The van der Waals surface area contributed by atoms with E-state index < -0.39 is 0 Å². The molecule has 9 heteroatoms. The smallest absolute Gasteiger partial charge is 0.258 e. The number of rotatable bonds is 7. The zero-order chi connectivity index (χ0) is 18.1. The average Bonchev–Trinajstić information content (AvgIpc) is 3.30. The maximum atomic E-state index is 12.6. The summed E-state index contributed by atoms with van der Waals surface area (Å²) in [5.74, 6) is 2.17. The van der Waals surface area contributed by atoms with Crippen molar-refractivity contribution in [3.05, 3.63) is 34.6 Å². The minimum absolute atomic E-state index is 0.235. The van der Waals surface area contributed by atoms with Crippen molar-refractivity contribution in [3.8, 4) is 11.5 Å². The molecule has 26 heavy (non-hydrogen) atoms. The Bertz CT molecular complexity index is 925. The molecule has 0 bridgehead atoms. The first-order valence-corrected chi connectivity index (χ1v) is 9.23. The normalized spacial score (nSPS) is 13.8. The van der Waals surface area contributed by atoms with Crippen LogP contribution < -0.4 is 14.8 Å². The number of amides is 1. The molecule has 0 spiro atoms. The van der Waals surface area contributed by atoms with E-state index in [1.54, 1.807) is 18.2 Å². The number of nitrogens with zero attached hydrogens (tertiary/aromatic N) is 4. The second-order valence-electron chi connectivity index (χ2n) is 6.07. The van der Waals surface area contributed by atoms with Crippen molar-refractivity contribution < 1.29 is 14.3 Å². The van der Waals surface area contributed by atoms with Gasteiger partial charge in [0.2, 0.25) is 4.96 Å². The van der Waals surface area contributed by atoms with Crippen LogP contribution in [-0.2, 0) is 6.42 Å². The first-order valence-electron chi connectivity index (χ1n) is 8.41. The average molecular weight is 373 g/mol. The Kier molecular flexibility index (Phi) is 4.46. The highest BCUT2D eigenvalue weighted by atomic mass is 32.1. The van der Waals surface area contributed by atoms with Crippen molar-refractivity contribution >= 4 is 22.2 Å². The van der Waals surface area contributed by atoms with E-state index in [9.17, 15) is 4.79 Å². The van der Waals surface area contributed by atoms with Gasteiger partial charge in [0, 0.05) is 18.9 Å². The zero-order valence-electron chi connectivity index (χ0n) is 14.6. The Morgan fingerprint density at radius 3 is 2.65 bits per heavy atom. The molecule has 0 radical (unpaired) electrons. The number of hydrogen-bond acceptors (Lipinski definition) is 7. The highest BCUT2D eigenvalue weighted by Gasteiger charge is 2.30. The third kappa shape index (κ3) is 3.10. The van der Waals surface area contributed by atoms with E-state index in [0.29, 0.717) is 35.9 Å². The second kappa shape index (κ2) is 6.91. The van der Waals surface area contributed by atoms with E-state index in [0.717, 1.165) is 28.6 Å². The predicted molar refractivity (Wildman–Crippen MR) is 96.2 cm³/mol. The van der Waals surface area contributed by atoms with Gasteiger partial charge in [-0.1, -0.05) is 17.4 Å². The third-order valence-corrected chi connectivity index (χ3v) is 5.24. The number of nitrogens with one attached hydrogen (secondary N) is 1. The van der Waals surface area contributed by atoms with Gasteiger partial charge in [0.1, 0.15) is 22.1 Å². The molecule has 1 aliphatic rings. The van der Waals surface area contributed by atoms with Gasteiger partial charge in [-0.05, 0) is 25.0 Å². The van der Waals surface area contributed by atoms with E-state index in [2.05, 4.69) is 20.6 Å². The molecule has 1 aliphatic carbocycles. The van der Waals surface area contributed by atoms with Crippen LogP contribution in [0.25, 0.3) is 4.96 Å². The molecule has 4 rings (SSSR count). The van der Waals surface area contributed by atoms with Crippen LogP contribution in [0.4, 0.5) is 0 Å². The zero-order valence-corrected chi connectivity index (χ0v) is 15.4. The van der Waals surface area contributed by atoms with Gasteiger partial charge in [-0.15, -0.1) is 10.2 Å². The first-order chi connectivity index (χ1) is 12.7. The Morgan fingerprint density at radius 2 is 2.00 bits per heavy atom. The van der Waals surface area contributed by atoms with Crippen molar-refractivity contribution in [2.24, 2.45) is 0 Å². The van der Waals surface area contributed by atoms with Gasteiger partial charge in [-0.3, -0.25) is 4.79 Å². The van der Waals surface area contributed by atoms with E-state index in [-0.39, 0.29) is 5.91 Å². The Morgan fingerprint density at radius 1 is 1.27 bits per heavy atom. The maximum Gasteiger partial charge on any atom is 0.258 e. The van der Waals surface area contributed by atoms with Crippen LogP contribution in [-0.4, -0.2) is 46.5 Å². The summed E-state index contributed by atoms with van der Waals surface area (Å²) in [7, 11) is 3.06. The fraction of sp³-hybridized carbons (Fsp3) is 0.412. The summed E-state index contributed by atoms with van der Waals surface area (Å²) in [6, 6.07) is 5.25. The van der Waals surface area contributed by atoms with Crippen LogP contribution in [0.1, 0.15) is 39.9 Å². The number of carbonyl (C=O) groups excluding carboxylic acids is 1. The Balaban J connectivity index is 1.42. The molecule has 0 saturated heterocycles. The number of benzene rings is 1. The van der Waals surface area contributed by atoms with Crippen molar-refractivity contribution in [1.82, 2.24) is 25.1 Å². The summed E-state index contributed by atoms with van der Waals surface area (Å²) >= 11 is 1.50. The molecule has 1 amide bonds. The van der Waals surface area contributed by atoms with Crippen molar-refractivity contribution in [2.45, 2.75) is 25.2 Å². The van der Waals surface area contributed by atoms with Gasteiger partial charge in [-0.2, -0.15) is 9.61 Å². The summed E-state index contributed by atoms with van der Waals surface area (Å²) in [6.07, 6.45) is 2.94. The van der Waals surface area contributed by atoms with Gasteiger partial charge >= 0.3 is 0 Å². The predicted octanol–water partition coefficient (Wildman–Crippen LogP) is 2.05. The van der Waals surface area contributed by atoms with Gasteiger partial charge in [0.25, 0.3) is 5.91 Å². The molecule has 3 aromatic rings. The number of carbonyl (C=O) groups is 1. The van der Waals surface area contributed by atoms with Crippen LogP contribution in [0.15, 0.2) is 18.2 Å². The summed E-state index contributed by atoms with van der Waals surface area (Å²) in [4.78, 5) is 13.4. The van der Waals surface area contributed by atoms with E-state index in [4.69, 9.17) is 9.47 Å². The van der Waals surface area contributed by atoms with Crippen LogP contribution >= 0.6 is 11.3 Å². The van der Waals surface area contributed by atoms with E-state index in [1.165, 1.54) is 25.6 Å². The lowest BCUT2D eigenvalue weighted by Gasteiger charge is -2.12. The highest BCUT2D eigenvalue weighted by Crippen LogP contribution is 2.39. The molecule has 2 aromatic heterocycles. The van der Waals surface area contributed by atoms with Crippen molar-refractivity contribution in [3.63, 3.8) is 0 Å². The molecule has 2 heterocycles. The fourth-order valence-corrected chi connectivity index (χ4v) is 3.66. The largest absolute Gasteiger partial charge is 0.496 e. The summed E-state index contributed by atoms with van der Waals surface area (Å²) < 4.78 is 12.4. The molecule has 136 valence electrons. The minimum atomic E-state index is -0.235. The molecule has 0 unspecified atom stereocenters. The topological polar surface area (TPSA) is 90.6 Å². The van der Waals surface area contributed by atoms with Gasteiger partial charge in [0.05, 0.1) is 14.2 Å². The molecule has 8 nitrogen and oxygen atoms in total. The molecule has 0 atom stereocenters. The molecule has 1 saturated carbocycles. The summed E-state index contributed by atoms with van der Waals surface area (Å²) in [5.41, 5.74) is 0.395. The van der Waals surface area contributed by atoms with E-state index >= 15 is 0 Å². The number of methoxy groups -OCH3 is 2. The molecule has 1 N–H and O–H groups in total. The fourth-order valence-electron chi connectivity index (χ4n) is 2.82. The van der Waals surface area contributed by atoms with Crippen LogP contribution in [0, 0.1) is 0 Å². The maximum absolute atomic E-state index is 12.6. The number of fused-ring (bicyclic) bond motifs is 1. The molecule has 1 fully saturated rings. The highest BCUT2D eigenvalue weighted by molar-refractivity contribution is 7.16. The summed E-state index contributed by atoms with van der Waals surface area (Å²) in [5, 5.41) is 16.8. The lowest BCUT2D eigenvalue weighted by molar-refractivity contribution is 0.0948. The van der Waals surface area contributed by atoms with Crippen LogP contribution in [0.2, 0.25) is 0 Å². The van der Waals surface area contributed by atoms with Crippen molar-refractivity contribution in [2.75, 3.05) is 20.8 Å². The lowest BCUT2D eigenvalue weighted by atomic mass is 10.1. The Hall–Kier alpha value is -2.68. The number of aromatic nitrogens is 4. The molecule has 1 aromatic carbocycles. The first kappa shape index (κ1) is 16.8. The minimum Gasteiger partial charge on any atom is -0.496 e.